The van der Waals surface area contributed by atoms with Crippen molar-refractivity contribution in [2.24, 2.45) is 0 Å². The molecule has 1 unspecified atom stereocenters. The largest absolute Gasteiger partial charge is 0.478 e. The van der Waals surface area contributed by atoms with E-state index in [1.807, 2.05) is 19.1 Å². The van der Waals surface area contributed by atoms with Gasteiger partial charge in [-0.25, -0.2) is 4.79 Å². The molecule has 76 valence electrons. The lowest BCUT2D eigenvalue weighted by Gasteiger charge is -2.08. The van der Waals surface area contributed by atoms with Gasteiger partial charge < -0.3 is 5.11 Å². The van der Waals surface area contributed by atoms with E-state index in [0.29, 0.717) is 12.0 Å². The summed E-state index contributed by atoms with van der Waals surface area (Å²) >= 11 is 5.98. The van der Waals surface area contributed by atoms with Crippen molar-refractivity contribution in [2.75, 3.05) is 0 Å². The van der Waals surface area contributed by atoms with Crippen LogP contribution >= 0.6 is 11.6 Å². The minimum atomic E-state index is -0.888. The lowest BCUT2D eigenvalue weighted by atomic mass is 10.0. The molecular formula is C11H13ClO2. The highest BCUT2D eigenvalue weighted by Crippen LogP contribution is 2.15. The molecule has 0 amide bonds. The average molecular weight is 213 g/mol. The zero-order valence-electron chi connectivity index (χ0n) is 8.03. The first-order valence-corrected chi connectivity index (χ1v) is 5.04. The van der Waals surface area contributed by atoms with Gasteiger partial charge in [0, 0.05) is 5.38 Å². The van der Waals surface area contributed by atoms with Crippen molar-refractivity contribution in [3.8, 4) is 0 Å². The lowest BCUT2D eigenvalue weighted by Crippen LogP contribution is -2.07. The van der Waals surface area contributed by atoms with Crippen LogP contribution in [0.2, 0.25) is 0 Å². The summed E-state index contributed by atoms with van der Waals surface area (Å²) in [7, 11) is 0. The van der Waals surface area contributed by atoms with E-state index >= 15 is 0 Å². The summed E-state index contributed by atoms with van der Waals surface area (Å²) in [5.74, 6) is -0.888. The highest BCUT2D eigenvalue weighted by molar-refractivity contribution is 6.20. The van der Waals surface area contributed by atoms with Gasteiger partial charge in [0.25, 0.3) is 0 Å². The van der Waals surface area contributed by atoms with Crippen LogP contribution in [0.1, 0.15) is 29.3 Å². The molecule has 0 fully saturated rings. The number of hydrogen-bond acceptors (Lipinski definition) is 1. The summed E-state index contributed by atoms with van der Waals surface area (Å²) in [6, 6.07) is 6.98. The Bertz CT molecular complexity index is 323. The number of carbonyl (C=O) groups is 1. The van der Waals surface area contributed by atoms with E-state index in [1.165, 1.54) is 0 Å². The number of carboxylic acid groups (broad SMARTS) is 1. The van der Waals surface area contributed by atoms with Crippen LogP contribution in [0.4, 0.5) is 0 Å². The normalized spacial score (nSPS) is 12.4. The molecule has 0 aromatic heterocycles. The van der Waals surface area contributed by atoms with E-state index in [2.05, 4.69) is 0 Å². The summed E-state index contributed by atoms with van der Waals surface area (Å²) in [5, 5.41) is 8.92. The van der Waals surface area contributed by atoms with Gasteiger partial charge in [-0.3, -0.25) is 0 Å². The molecule has 2 nitrogen and oxygen atoms in total. The molecule has 0 aliphatic heterocycles. The minimum absolute atomic E-state index is 0.00972. The Morgan fingerprint density at radius 2 is 2.14 bits per heavy atom. The summed E-state index contributed by atoms with van der Waals surface area (Å²) in [4.78, 5) is 10.8. The second kappa shape index (κ2) is 5.01. The van der Waals surface area contributed by atoms with Gasteiger partial charge >= 0.3 is 5.97 Å². The number of aromatic carboxylic acids is 1. The zero-order valence-corrected chi connectivity index (χ0v) is 8.79. The van der Waals surface area contributed by atoms with Gasteiger partial charge in [-0.1, -0.05) is 25.1 Å². The molecule has 14 heavy (non-hydrogen) atoms. The second-order valence-electron chi connectivity index (χ2n) is 3.17. The predicted octanol–water partition coefficient (Wildman–Crippen LogP) is 2.94. The Morgan fingerprint density at radius 3 is 2.71 bits per heavy atom. The van der Waals surface area contributed by atoms with E-state index in [9.17, 15) is 4.79 Å². The molecule has 3 heteroatoms. The number of hydrogen-bond donors (Lipinski definition) is 1. The Hall–Kier alpha value is -1.02. The lowest BCUT2D eigenvalue weighted by molar-refractivity contribution is 0.0695. The highest BCUT2D eigenvalue weighted by Gasteiger charge is 2.11. The number of benzene rings is 1. The Kier molecular flexibility index (Phi) is 3.96. The van der Waals surface area contributed by atoms with Gasteiger partial charge in [0.05, 0.1) is 5.56 Å². The third kappa shape index (κ3) is 2.74. The third-order valence-corrected chi connectivity index (χ3v) is 2.60. The average Bonchev–Trinajstić information content (AvgIpc) is 2.18. The zero-order chi connectivity index (χ0) is 10.6. The van der Waals surface area contributed by atoms with Crippen LogP contribution in [-0.4, -0.2) is 16.5 Å². The van der Waals surface area contributed by atoms with E-state index in [-0.39, 0.29) is 5.38 Å². The van der Waals surface area contributed by atoms with Gasteiger partial charge in [-0.2, -0.15) is 0 Å². The molecule has 0 heterocycles. The number of halogens is 1. The monoisotopic (exact) mass is 212 g/mol. The van der Waals surface area contributed by atoms with Crippen LogP contribution in [-0.2, 0) is 6.42 Å². The molecule has 0 radical (unpaired) electrons. The first-order chi connectivity index (χ1) is 6.65. The van der Waals surface area contributed by atoms with Gasteiger partial charge in [0.15, 0.2) is 0 Å². The fraction of sp³-hybridized carbons (Fsp3) is 0.364. The molecule has 0 saturated heterocycles. The highest BCUT2D eigenvalue weighted by atomic mass is 35.5. The van der Waals surface area contributed by atoms with Crippen molar-refractivity contribution >= 4 is 17.6 Å². The SMILES string of the molecule is CCC(Cl)Cc1ccccc1C(=O)O. The molecule has 1 rings (SSSR count). The first-order valence-electron chi connectivity index (χ1n) is 4.60. The molecule has 0 aliphatic rings. The second-order valence-corrected chi connectivity index (χ2v) is 3.79. The van der Waals surface area contributed by atoms with Crippen molar-refractivity contribution < 1.29 is 9.90 Å². The van der Waals surface area contributed by atoms with Gasteiger partial charge in [-0.15, -0.1) is 11.6 Å². The number of rotatable bonds is 4. The molecular weight excluding hydrogens is 200 g/mol. The Morgan fingerprint density at radius 1 is 1.50 bits per heavy atom. The van der Waals surface area contributed by atoms with E-state index in [1.54, 1.807) is 12.1 Å². The van der Waals surface area contributed by atoms with Crippen molar-refractivity contribution in [1.82, 2.24) is 0 Å². The molecule has 1 N–H and O–H groups in total. The van der Waals surface area contributed by atoms with Crippen molar-refractivity contribution in [2.45, 2.75) is 25.1 Å². The van der Waals surface area contributed by atoms with Gasteiger partial charge in [0.2, 0.25) is 0 Å². The fourth-order valence-electron chi connectivity index (χ4n) is 1.29. The van der Waals surface area contributed by atoms with Gasteiger partial charge in [-0.05, 0) is 24.5 Å². The summed E-state index contributed by atoms with van der Waals surface area (Å²) in [6.07, 6.45) is 1.45. The van der Waals surface area contributed by atoms with Crippen LogP contribution in [0, 0.1) is 0 Å². The molecule has 1 atom stereocenters. The third-order valence-electron chi connectivity index (χ3n) is 2.13. The predicted molar refractivity (Wildman–Crippen MR) is 57.0 cm³/mol. The molecule has 0 spiro atoms. The van der Waals surface area contributed by atoms with Gasteiger partial charge in [0.1, 0.15) is 0 Å². The molecule has 0 bridgehead atoms. The quantitative estimate of drug-likeness (QED) is 0.780. The smallest absolute Gasteiger partial charge is 0.335 e. The summed E-state index contributed by atoms with van der Waals surface area (Å²) < 4.78 is 0. The molecule has 1 aromatic rings. The van der Waals surface area contributed by atoms with Crippen molar-refractivity contribution in [1.29, 1.82) is 0 Å². The summed E-state index contributed by atoms with van der Waals surface area (Å²) in [5.41, 5.74) is 1.16. The minimum Gasteiger partial charge on any atom is -0.478 e. The van der Waals surface area contributed by atoms with Crippen LogP contribution in [0.5, 0.6) is 0 Å². The number of carboxylic acids is 1. The van der Waals surface area contributed by atoms with E-state index < -0.39 is 5.97 Å². The van der Waals surface area contributed by atoms with E-state index in [4.69, 9.17) is 16.7 Å². The van der Waals surface area contributed by atoms with Crippen LogP contribution in [0.15, 0.2) is 24.3 Å². The van der Waals surface area contributed by atoms with Crippen molar-refractivity contribution in [3.63, 3.8) is 0 Å². The molecule has 0 saturated carbocycles. The van der Waals surface area contributed by atoms with Crippen LogP contribution in [0.25, 0.3) is 0 Å². The fourth-order valence-corrected chi connectivity index (χ4v) is 1.46. The van der Waals surface area contributed by atoms with Crippen molar-refractivity contribution in [3.05, 3.63) is 35.4 Å². The topological polar surface area (TPSA) is 37.3 Å². The summed E-state index contributed by atoms with van der Waals surface area (Å²) in [6.45, 7) is 1.99. The Labute approximate surface area is 88.5 Å². The standard InChI is InChI=1S/C11H13ClO2/c1-2-9(12)7-8-5-3-4-6-10(8)11(13)14/h3-6,9H,2,7H2,1H3,(H,13,14). The maximum atomic E-state index is 10.8. The first kappa shape index (κ1) is 11.1. The molecule has 0 aliphatic carbocycles. The van der Waals surface area contributed by atoms with Crippen LogP contribution < -0.4 is 0 Å². The molecule has 1 aromatic carbocycles. The Balaban J connectivity index is 2.90. The van der Waals surface area contributed by atoms with E-state index in [0.717, 1.165) is 12.0 Å². The maximum absolute atomic E-state index is 10.8. The van der Waals surface area contributed by atoms with Crippen LogP contribution in [0.3, 0.4) is 0 Å². The number of alkyl halides is 1. The maximum Gasteiger partial charge on any atom is 0.335 e.